The summed E-state index contributed by atoms with van der Waals surface area (Å²) in [5.41, 5.74) is 0.649. The van der Waals surface area contributed by atoms with Gasteiger partial charge >= 0.3 is 11.9 Å². The number of rotatable bonds is 4. The van der Waals surface area contributed by atoms with Gasteiger partial charge in [0.2, 0.25) is 0 Å². The average Bonchev–Trinajstić information content (AvgIpc) is 2.17. The van der Waals surface area contributed by atoms with Crippen molar-refractivity contribution in [3.05, 3.63) is 36.4 Å². The van der Waals surface area contributed by atoms with E-state index in [4.69, 9.17) is 9.84 Å². The van der Waals surface area contributed by atoms with Crippen LogP contribution in [0.5, 0.6) is 5.75 Å². The molecule has 0 aliphatic carbocycles. The maximum atomic E-state index is 11.1. The first-order valence-electron chi connectivity index (χ1n) is 4.27. The minimum Gasteiger partial charge on any atom is -0.481 e. The number of carbonyl (C=O) groups is 2. The number of aliphatic carboxylic acids is 1. The highest BCUT2D eigenvalue weighted by Crippen LogP contribution is 2.19. The summed E-state index contributed by atoms with van der Waals surface area (Å²) < 4.78 is 4.86. The number of carboxylic acids is 1. The summed E-state index contributed by atoms with van der Waals surface area (Å²) in [6, 6.07) is 6.76. The third kappa shape index (κ3) is 3.27. The number of carboxylic acid groups (broad SMARTS) is 1. The molecule has 1 aromatic rings. The Bertz CT molecular complexity index is 395. The summed E-state index contributed by atoms with van der Waals surface area (Å²) >= 11 is 0. The minimum absolute atomic E-state index is 0.318. The van der Waals surface area contributed by atoms with Crippen molar-refractivity contribution in [1.29, 1.82) is 0 Å². The highest BCUT2D eigenvalue weighted by molar-refractivity contribution is 5.91. The monoisotopic (exact) mass is 206 g/mol. The van der Waals surface area contributed by atoms with Crippen LogP contribution in [0, 0.1) is 0 Å². The normalized spacial score (nSPS) is 9.33. The van der Waals surface area contributed by atoms with Crippen LogP contribution in [0.3, 0.4) is 0 Å². The molecular weight excluding hydrogens is 196 g/mol. The van der Waals surface area contributed by atoms with Crippen molar-refractivity contribution in [3.8, 4) is 5.75 Å². The Labute approximate surface area is 86.8 Å². The molecular formula is C11H10O4. The van der Waals surface area contributed by atoms with Gasteiger partial charge in [0.1, 0.15) is 12.2 Å². The fourth-order valence-corrected chi connectivity index (χ4v) is 1.02. The fourth-order valence-electron chi connectivity index (χ4n) is 1.02. The molecule has 78 valence electrons. The molecule has 0 radical (unpaired) electrons. The smallest absolute Gasteiger partial charge is 0.322 e. The molecule has 1 N–H and O–H groups in total. The summed E-state index contributed by atoms with van der Waals surface area (Å²) in [5.74, 6) is -1.69. The summed E-state index contributed by atoms with van der Waals surface area (Å²) in [4.78, 5) is 21.3. The van der Waals surface area contributed by atoms with Gasteiger partial charge in [0.15, 0.2) is 0 Å². The standard InChI is InChI=1S/C11H10O4/c1-2-8-5-3-4-6-9(8)15-11(14)7-10(12)13/h2-6H,1,7H2,(H,12,13). The zero-order valence-electron chi connectivity index (χ0n) is 7.97. The Kier molecular flexibility index (Phi) is 3.62. The molecule has 0 amide bonds. The van der Waals surface area contributed by atoms with Crippen LogP contribution in [-0.2, 0) is 9.59 Å². The lowest BCUT2D eigenvalue weighted by molar-refractivity contribution is -0.145. The first kappa shape index (κ1) is 11.0. The molecule has 15 heavy (non-hydrogen) atoms. The summed E-state index contributed by atoms with van der Waals surface area (Å²) in [5, 5.41) is 8.37. The van der Waals surface area contributed by atoms with E-state index in [1.165, 1.54) is 6.08 Å². The van der Waals surface area contributed by atoms with Crippen LogP contribution in [0.2, 0.25) is 0 Å². The largest absolute Gasteiger partial charge is 0.481 e. The van der Waals surface area contributed by atoms with Crippen molar-refractivity contribution in [2.45, 2.75) is 6.42 Å². The van der Waals surface area contributed by atoms with Crippen LogP contribution in [0.15, 0.2) is 30.8 Å². The third-order valence-electron chi connectivity index (χ3n) is 1.66. The molecule has 4 heteroatoms. The van der Waals surface area contributed by atoms with E-state index in [1.807, 2.05) is 0 Å². The van der Waals surface area contributed by atoms with Gasteiger partial charge < -0.3 is 9.84 Å². The zero-order valence-corrected chi connectivity index (χ0v) is 7.97. The van der Waals surface area contributed by atoms with Crippen molar-refractivity contribution in [2.75, 3.05) is 0 Å². The molecule has 0 heterocycles. The minimum atomic E-state index is -1.21. The average molecular weight is 206 g/mol. The molecule has 0 unspecified atom stereocenters. The van der Waals surface area contributed by atoms with E-state index >= 15 is 0 Å². The zero-order chi connectivity index (χ0) is 11.3. The van der Waals surface area contributed by atoms with Crippen LogP contribution in [0.1, 0.15) is 12.0 Å². The van der Waals surface area contributed by atoms with Gasteiger partial charge in [-0.15, -0.1) is 0 Å². The lowest BCUT2D eigenvalue weighted by Gasteiger charge is -2.05. The topological polar surface area (TPSA) is 63.6 Å². The van der Waals surface area contributed by atoms with Gasteiger partial charge in [0.25, 0.3) is 0 Å². The van der Waals surface area contributed by atoms with Gasteiger partial charge in [0, 0.05) is 5.56 Å². The van der Waals surface area contributed by atoms with Gasteiger partial charge in [-0.05, 0) is 6.07 Å². The van der Waals surface area contributed by atoms with Gasteiger partial charge in [0.05, 0.1) is 0 Å². The second-order valence-electron chi connectivity index (χ2n) is 2.79. The number of esters is 1. The van der Waals surface area contributed by atoms with Crippen LogP contribution in [0.25, 0.3) is 6.08 Å². The molecule has 0 fully saturated rings. The summed E-state index contributed by atoms with van der Waals surface area (Å²) in [6.45, 7) is 3.55. The Hall–Kier alpha value is -2.10. The maximum absolute atomic E-state index is 11.1. The van der Waals surface area contributed by atoms with Crippen molar-refractivity contribution >= 4 is 18.0 Å². The second-order valence-corrected chi connectivity index (χ2v) is 2.79. The predicted molar refractivity (Wildman–Crippen MR) is 54.4 cm³/mol. The van der Waals surface area contributed by atoms with Crippen LogP contribution < -0.4 is 4.74 Å². The van der Waals surface area contributed by atoms with Crippen molar-refractivity contribution in [2.24, 2.45) is 0 Å². The SMILES string of the molecule is C=Cc1ccccc1OC(=O)CC(=O)O. The van der Waals surface area contributed by atoms with Crippen molar-refractivity contribution in [3.63, 3.8) is 0 Å². The first-order chi connectivity index (χ1) is 7.13. The molecule has 0 aliphatic heterocycles. The molecule has 1 aromatic carbocycles. The van der Waals surface area contributed by atoms with Crippen LogP contribution >= 0.6 is 0 Å². The van der Waals surface area contributed by atoms with Gasteiger partial charge in [-0.1, -0.05) is 30.9 Å². The Morgan fingerprint density at radius 1 is 1.40 bits per heavy atom. The highest BCUT2D eigenvalue weighted by atomic mass is 16.5. The van der Waals surface area contributed by atoms with E-state index in [0.717, 1.165) is 0 Å². The van der Waals surface area contributed by atoms with E-state index in [0.29, 0.717) is 11.3 Å². The van der Waals surface area contributed by atoms with Gasteiger partial charge in [-0.25, -0.2) is 0 Å². The molecule has 0 atom stereocenters. The summed E-state index contributed by atoms with van der Waals surface area (Å²) in [7, 11) is 0. The fraction of sp³-hybridized carbons (Fsp3) is 0.0909. The van der Waals surface area contributed by atoms with E-state index in [2.05, 4.69) is 6.58 Å². The quantitative estimate of drug-likeness (QED) is 0.462. The molecule has 0 bridgehead atoms. The highest BCUT2D eigenvalue weighted by Gasteiger charge is 2.11. The lowest BCUT2D eigenvalue weighted by atomic mass is 10.2. The molecule has 0 saturated carbocycles. The number of hydrogen-bond acceptors (Lipinski definition) is 3. The molecule has 4 nitrogen and oxygen atoms in total. The lowest BCUT2D eigenvalue weighted by Crippen LogP contribution is -2.13. The molecule has 1 rings (SSSR count). The maximum Gasteiger partial charge on any atom is 0.322 e. The molecule has 0 spiro atoms. The van der Waals surface area contributed by atoms with E-state index in [9.17, 15) is 9.59 Å². The van der Waals surface area contributed by atoms with Gasteiger partial charge in [-0.3, -0.25) is 9.59 Å². The number of carbonyl (C=O) groups excluding carboxylic acids is 1. The van der Waals surface area contributed by atoms with E-state index in [-0.39, 0.29) is 0 Å². The number of ether oxygens (including phenoxy) is 1. The van der Waals surface area contributed by atoms with Crippen LogP contribution in [0.4, 0.5) is 0 Å². The van der Waals surface area contributed by atoms with Crippen molar-refractivity contribution < 1.29 is 19.4 Å². The molecule has 0 saturated heterocycles. The summed E-state index contributed by atoms with van der Waals surface area (Å²) in [6.07, 6.45) is 0.884. The first-order valence-corrected chi connectivity index (χ1v) is 4.27. The Balaban J connectivity index is 2.75. The Morgan fingerprint density at radius 2 is 2.07 bits per heavy atom. The predicted octanol–water partition coefficient (Wildman–Crippen LogP) is 1.71. The van der Waals surface area contributed by atoms with Crippen LogP contribution in [-0.4, -0.2) is 17.0 Å². The molecule has 0 aromatic heterocycles. The van der Waals surface area contributed by atoms with E-state index in [1.54, 1.807) is 24.3 Å². The number of hydrogen-bond donors (Lipinski definition) is 1. The van der Waals surface area contributed by atoms with E-state index < -0.39 is 18.4 Å². The van der Waals surface area contributed by atoms with Gasteiger partial charge in [-0.2, -0.15) is 0 Å². The van der Waals surface area contributed by atoms with Crippen molar-refractivity contribution in [1.82, 2.24) is 0 Å². The number of para-hydroxylation sites is 1. The third-order valence-corrected chi connectivity index (χ3v) is 1.66. The number of benzene rings is 1. The Morgan fingerprint density at radius 3 is 2.67 bits per heavy atom. The molecule has 0 aliphatic rings. The second kappa shape index (κ2) is 4.95.